The van der Waals surface area contributed by atoms with Crippen molar-refractivity contribution < 1.29 is 9.42 Å². The number of hydrogen-bond acceptors (Lipinski definition) is 3. The predicted octanol–water partition coefficient (Wildman–Crippen LogP) is 3.31. The third kappa shape index (κ3) is 3.33. The minimum Gasteiger partial charge on any atom is -0.634 e. The standard InChI is InChI=1S/C17H18NO2P/c1-21(19)18(14-15-8-4-2-5-9-15)13-12-17(20-21)16-10-6-3-7-11-16/h2-12H,13-14H2,1H3. The normalized spacial score (nSPS) is 22.5. The lowest BCUT2D eigenvalue weighted by atomic mass is 10.2. The summed E-state index contributed by atoms with van der Waals surface area (Å²) in [7, 11) is -2.82. The number of nitrogens with zero attached hydrogens (tertiary/aromatic N) is 1. The van der Waals surface area contributed by atoms with Gasteiger partial charge in [0.25, 0.3) is 0 Å². The van der Waals surface area contributed by atoms with Gasteiger partial charge in [0.15, 0.2) is 5.76 Å². The van der Waals surface area contributed by atoms with Crippen LogP contribution >= 0.6 is 7.87 Å². The van der Waals surface area contributed by atoms with Crippen LogP contribution in [0.1, 0.15) is 11.1 Å². The first-order valence-electron chi connectivity index (χ1n) is 6.97. The predicted molar refractivity (Wildman–Crippen MR) is 85.2 cm³/mol. The molecule has 2 aromatic rings. The van der Waals surface area contributed by atoms with Gasteiger partial charge in [-0.25, -0.2) is 0 Å². The van der Waals surface area contributed by atoms with Gasteiger partial charge >= 0.3 is 0 Å². The Bertz CT molecular complexity index is 626. The summed E-state index contributed by atoms with van der Waals surface area (Å²) >= 11 is 0. The zero-order valence-corrected chi connectivity index (χ0v) is 12.9. The molecule has 1 aliphatic rings. The molecule has 0 saturated carbocycles. The van der Waals surface area contributed by atoms with Gasteiger partial charge in [-0.05, 0) is 11.6 Å². The molecule has 1 unspecified atom stereocenters. The topological polar surface area (TPSA) is 35.5 Å². The molecule has 0 spiro atoms. The van der Waals surface area contributed by atoms with Crippen molar-refractivity contribution in [1.29, 1.82) is 0 Å². The maximum absolute atomic E-state index is 12.8. The molecular weight excluding hydrogens is 281 g/mol. The molecule has 1 heterocycles. The third-order valence-corrected chi connectivity index (χ3v) is 5.40. The average Bonchev–Trinajstić information content (AvgIpc) is 2.51. The van der Waals surface area contributed by atoms with E-state index < -0.39 is 7.87 Å². The Balaban J connectivity index is 1.79. The highest BCUT2D eigenvalue weighted by atomic mass is 31.2. The molecule has 0 radical (unpaired) electrons. The van der Waals surface area contributed by atoms with E-state index in [2.05, 4.69) is 0 Å². The Kier molecular flexibility index (Phi) is 4.07. The van der Waals surface area contributed by atoms with Crippen molar-refractivity contribution in [3.05, 3.63) is 77.9 Å². The average molecular weight is 299 g/mol. The summed E-state index contributed by atoms with van der Waals surface area (Å²) < 4.78 is 7.68. The summed E-state index contributed by atoms with van der Waals surface area (Å²) in [6.45, 7) is 2.95. The van der Waals surface area contributed by atoms with E-state index in [0.29, 0.717) is 18.8 Å². The Labute approximate surface area is 126 Å². The van der Waals surface area contributed by atoms with Gasteiger partial charge in [0.05, 0.1) is 19.8 Å². The first-order chi connectivity index (χ1) is 10.1. The fourth-order valence-corrected chi connectivity index (χ4v) is 3.83. The van der Waals surface area contributed by atoms with Crippen LogP contribution in [0.25, 0.3) is 5.76 Å². The molecule has 0 aliphatic carbocycles. The van der Waals surface area contributed by atoms with Gasteiger partial charge in [-0.2, -0.15) is 0 Å². The maximum Gasteiger partial charge on any atom is 0.220 e. The first-order valence-corrected chi connectivity index (χ1v) is 9.00. The molecule has 2 aromatic carbocycles. The molecule has 4 heteroatoms. The molecule has 0 amide bonds. The maximum atomic E-state index is 12.8. The van der Waals surface area contributed by atoms with Crippen molar-refractivity contribution in [3.63, 3.8) is 0 Å². The highest BCUT2D eigenvalue weighted by molar-refractivity contribution is 7.61. The summed E-state index contributed by atoms with van der Waals surface area (Å²) in [6, 6.07) is 19.9. The van der Waals surface area contributed by atoms with Crippen molar-refractivity contribution in [2.24, 2.45) is 0 Å². The van der Waals surface area contributed by atoms with Crippen LogP contribution in [0, 0.1) is 0 Å². The Hall–Kier alpha value is -1.67. The molecule has 1 aliphatic heterocycles. The quantitative estimate of drug-likeness (QED) is 0.816. The highest BCUT2D eigenvalue weighted by Gasteiger charge is 2.36. The fraction of sp³-hybridized carbons (Fsp3) is 0.176. The van der Waals surface area contributed by atoms with Crippen LogP contribution in [0.2, 0.25) is 0 Å². The van der Waals surface area contributed by atoms with Gasteiger partial charge in [-0.15, -0.1) is 4.67 Å². The second-order valence-corrected chi connectivity index (χ2v) is 7.52. The van der Waals surface area contributed by atoms with E-state index in [1.54, 1.807) is 6.66 Å². The molecule has 1 atom stereocenters. The van der Waals surface area contributed by atoms with Gasteiger partial charge in [-0.1, -0.05) is 60.7 Å². The third-order valence-electron chi connectivity index (χ3n) is 3.54. The zero-order chi connectivity index (χ0) is 14.7. The molecule has 21 heavy (non-hydrogen) atoms. The summed E-state index contributed by atoms with van der Waals surface area (Å²) in [5, 5.41) is 0. The monoisotopic (exact) mass is 299 g/mol. The van der Waals surface area contributed by atoms with E-state index in [0.717, 1.165) is 11.1 Å². The summed E-state index contributed by atoms with van der Waals surface area (Å²) in [6.07, 6.45) is 2.00. The summed E-state index contributed by atoms with van der Waals surface area (Å²) in [5.74, 6) is 0.714. The zero-order valence-electron chi connectivity index (χ0n) is 12.0. The molecular formula is C17H18NO2P. The van der Waals surface area contributed by atoms with Gasteiger partial charge in [0.1, 0.15) is 0 Å². The van der Waals surface area contributed by atoms with E-state index in [4.69, 9.17) is 4.52 Å². The summed E-state index contributed by atoms with van der Waals surface area (Å²) in [5.41, 5.74) is 2.11. The molecule has 0 bridgehead atoms. The lowest BCUT2D eigenvalue weighted by Crippen LogP contribution is -2.34. The van der Waals surface area contributed by atoms with Gasteiger partial charge in [0, 0.05) is 5.56 Å². The van der Waals surface area contributed by atoms with Crippen molar-refractivity contribution in [1.82, 2.24) is 4.67 Å². The second kappa shape index (κ2) is 5.98. The molecule has 0 N–H and O–H groups in total. The molecule has 0 saturated heterocycles. The van der Waals surface area contributed by atoms with Crippen LogP contribution in [-0.2, 0) is 11.1 Å². The summed E-state index contributed by atoms with van der Waals surface area (Å²) in [4.78, 5) is 12.8. The number of rotatable bonds is 3. The van der Waals surface area contributed by atoms with Crippen LogP contribution in [-0.4, -0.2) is 17.9 Å². The molecule has 0 aromatic heterocycles. The first kappa shape index (κ1) is 14.3. The minimum atomic E-state index is -2.82. The van der Waals surface area contributed by atoms with E-state index in [-0.39, 0.29) is 0 Å². The number of hydrogen-bond donors (Lipinski definition) is 0. The van der Waals surface area contributed by atoms with E-state index in [1.807, 2.05) is 71.4 Å². The van der Waals surface area contributed by atoms with Gasteiger partial charge < -0.3 is 9.42 Å². The number of benzene rings is 2. The van der Waals surface area contributed by atoms with Crippen LogP contribution < -0.4 is 4.89 Å². The minimum absolute atomic E-state index is 0.632. The van der Waals surface area contributed by atoms with Gasteiger partial charge in [0.2, 0.25) is 7.87 Å². The Morgan fingerprint density at radius 1 is 1.05 bits per heavy atom. The molecule has 0 fully saturated rings. The van der Waals surface area contributed by atoms with Crippen LogP contribution in [0.15, 0.2) is 66.7 Å². The van der Waals surface area contributed by atoms with Crippen molar-refractivity contribution in [2.45, 2.75) is 6.54 Å². The molecule has 3 nitrogen and oxygen atoms in total. The van der Waals surface area contributed by atoms with Crippen LogP contribution in [0.5, 0.6) is 0 Å². The van der Waals surface area contributed by atoms with E-state index >= 15 is 0 Å². The highest BCUT2D eigenvalue weighted by Crippen LogP contribution is 2.57. The fourth-order valence-electron chi connectivity index (χ4n) is 2.37. The van der Waals surface area contributed by atoms with Crippen molar-refractivity contribution in [2.75, 3.05) is 13.2 Å². The van der Waals surface area contributed by atoms with Crippen molar-refractivity contribution in [3.8, 4) is 0 Å². The van der Waals surface area contributed by atoms with Crippen LogP contribution in [0.3, 0.4) is 0 Å². The Morgan fingerprint density at radius 3 is 2.29 bits per heavy atom. The lowest BCUT2D eigenvalue weighted by molar-refractivity contribution is -0.200. The lowest BCUT2D eigenvalue weighted by Gasteiger charge is -2.38. The molecule has 3 rings (SSSR count). The van der Waals surface area contributed by atoms with Gasteiger partial charge in [-0.3, -0.25) is 0 Å². The largest absolute Gasteiger partial charge is 0.634 e. The van der Waals surface area contributed by atoms with Crippen molar-refractivity contribution >= 4 is 13.6 Å². The van der Waals surface area contributed by atoms with Crippen LogP contribution in [0.4, 0.5) is 0 Å². The SMILES string of the molecule is C[P+]1([O-])OC(c2ccccc2)=CCN1Cc1ccccc1. The van der Waals surface area contributed by atoms with E-state index in [1.165, 1.54) is 0 Å². The molecule has 108 valence electrons. The second-order valence-electron chi connectivity index (χ2n) is 5.16. The van der Waals surface area contributed by atoms with E-state index in [9.17, 15) is 4.89 Å². The Morgan fingerprint density at radius 2 is 1.67 bits per heavy atom. The smallest absolute Gasteiger partial charge is 0.220 e.